The number of carbonyl (C=O) groups excluding carboxylic acids is 2. The first kappa shape index (κ1) is 33.3. The smallest absolute Gasteiger partial charge is 0.324 e. The summed E-state index contributed by atoms with van der Waals surface area (Å²) in [6.45, 7) is 2.13. The van der Waals surface area contributed by atoms with E-state index in [0.29, 0.717) is 28.7 Å². The number of rotatable bonds is 13. The molecule has 0 fully saturated rings. The van der Waals surface area contributed by atoms with Crippen LogP contribution in [0.5, 0.6) is 23.1 Å². The molecule has 0 bridgehead atoms. The molecule has 13 heteroatoms. The number of hydrogen-bond donors (Lipinski definition) is 4. The number of unbranched alkanes of at least 4 members (excludes halogenated alkanes) is 1. The summed E-state index contributed by atoms with van der Waals surface area (Å²) in [7, 11) is 3.11. The van der Waals surface area contributed by atoms with Gasteiger partial charge < -0.3 is 30.6 Å². The summed E-state index contributed by atoms with van der Waals surface area (Å²) >= 11 is 0. The Morgan fingerprint density at radius 2 is 1.64 bits per heavy atom. The van der Waals surface area contributed by atoms with Crippen LogP contribution >= 0.6 is 0 Å². The van der Waals surface area contributed by atoms with Gasteiger partial charge in [-0.25, -0.2) is 14.5 Å². The molecule has 0 saturated carbocycles. The van der Waals surface area contributed by atoms with E-state index in [2.05, 4.69) is 32.8 Å². The van der Waals surface area contributed by atoms with E-state index < -0.39 is 11.9 Å². The molecule has 3 amide bonds. The Morgan fingerprint density at radius 3 is 2.38 bits per heavy atom. The molecule has 0 unspecified atom stereocenters. The van der Waals surface area contributed by atoms with Gasteiger partial charge in [0.25, 0.3) is 0 Å². The predicted molar refractivity (Wildman–Crippen MR) is 192 cm³/mol. The number of fused-ring (bicyclic) bond motifs is 1. The topological polar surface area (TPSA) is 168 Å². The molecule has 6 rings (SSSR count). The average Bonchev–Trinajstić information content (AvgIpc) is 3.53. The number of methoxy groups -OCH3 is 2. The lowest BCUT2D eigenvalue weighted by Gasteiger charge is -2.14. The highest BCUT2D eigenvalue weighted by Crippen LogP contribution is 2.34. The van der Waals surface area contributed by atoms with Gasteiger partial charge in [-0.3, -0.25) is 10.1 Å². The zero-order chi connectivity index (χ0) is 35.0. The third-order valence-electron chi connectivity index (χ3n) is 7.76. The van der Waals surface area contributed by atoms with Crippen molar-refractivity contribution in [2.24, 2.45) is 5.73 Å². The van der Waals surface area contributed by atoms with Crippen LogP contribution in [-0.2, 0) is 6.42 Å². The van der Waals surface area contributed by atoms with Crippen LogP contribution in [0.15, 0.2) is 97.2 Å². The van der Waals surface area contributed by atoms with Crippen LogP contribution in [0.1, 0.15) is 35.8 Å². The van der Waals surface area contributed by atoms with Gasteiger partial charge in [0.2, 0.25) is 17.7 Å². The van der Waals surface area contributed by atoms with Gasteiger partial charge in [0.05, 0.1) is 31.3 Å². The Hall–Kier alpha value is -6.63. The molecule has 2 heterocycles. The molecule has 0 spiro atoms. The number of anilines is 4. The first-order valence-electron chi connectivity index (χ1n) is 15.9. The molecule has 13 nitrogen and oxygen atoms in total. The molecule has 0 saturated heterocycles. The van der Waals surface area contributed by atoms with Gasteiger partial charge in [-0.15, -0.1) is 0 Å². The number of aromatic nitrogens is 4. The Morgan fingerprint density at radius 1 is 0.860 bits per heavy atom. The Kier molecular flexibility index (Phi) is 10.0. The van der Waals surface area contributed by atoms with E-state index in [1.54, 1.807) is 54.4 Å². The monoisotopic (exact) mass is 672 g/mol. The number of carbonyl (C=O) groups is 2. The van der Waals surface area contributed by atoms with Gasteiger partial charge in [-0.2, -0.15) is 10.1 Å². The van der Waals surface area contributed by atoms with Crippen molar-refractivity contribution < 1.29 is 23.8 Å². The first-order valence-corrected chi connectivity index (χ1v) is 15.9. The number of benzene rings is 4. The van der Waals surface area contributed by atoms with Gasteiger partial charge in [0, 0.05) is 46.4 Å². The highest BCUT2D eigenvalue weighted by atomic mass is 16.5. The number of aryl methyl sites for hydroxylation is 1. The quantitative estimate of drug-likeness (QED) is 0.0974. The van der Waals surface area contributed by atoms with Crippen molar-refractivity contribution in [3.05, 3.63) is 108 Å². The summed E-state index contributed by atoms with van der Waals surface area (Å²) in [6, 6.07) is 26.5. The number of nitrogens with zero attached hydrogens (tertiary/aromatic N) is 4. The molecular weight excluding hydrogens is 636 g/mol. The van der Waals surface area contributed by atoms with Crippen molar-refractivity contribution in [1.29, 1.82) is 0 Å². The first-order chi connectivity index (χ1) is 24.3. The van der Waals surface area contributed by atoms with Gasteiger partial charge in [0.15, 0.2) is 0 Å². The fourth-order valence-corrected chi connectivity index (χ4v) is 5.29. The molecule has 6 aromatic rings. The fraction of sp³-hybridized carbons (Fsp3) is 0.162. The number of amides is 3. The average molecular weight is 673 g/mol. The van der Waals surface area contributed by atoms with Crippen molar-refractivity contribution in [3.8, 4) is 28.8 Å². The number of hydrogen-bond acceptors (Lipinski definition) is 9. The van der Waals surface area contributed by atoms with Crippen molar-refractivity contribution in [3.63, 3.8) is 0 Å². The highest BCUT2D eigenvalue weighted by molar-refractivity contribution is 6.07. The number of urea groups is 1. The minimum atomic E-state index is -0.594. The van der Waals surface area contributed by atoms with Crippen LogP contribution in [0.2, 0.25) is 0 Å². The molecule has 0 aliphatic rings. The summed E-state index contributed by atoms with van der Waals surface area (Å²) < 4.78 is 18.5. The van der Waals surface area contributed by atoms with Crippen LogP contribution < -0.4 is 35.9 Å². The van der Waals surface area contributed by atoms with Crippen LogP contribution in [-0.4, -0.2) is 45.9 Å². The molecule has 0 radical (unpaired) electrons. The third-order valence-corrected chi connectivity index (χ3v) is 7.76. The number of nitrogens with two attached hydrogens (primary N) is 1. The zero-order valence-electron chi connectivity index (χ0n) is 27.8. The maximum absolute atomic E-state index is 13.4. The molecule has 50 heavy (non-hydrogen) atoms. The minimum Gasteiger partial charge on any atom is -0.497 e. The van der Waals surface area contributed by atoms with Crippen molar-refractivity contribution >= 4 is 45.9 Å². The summed E-state index contributed by atoms with van der Waals surface area (Å²) in [5, 5.41) is 15.3. The molecule has 0 aliphatic carbocycles. The van der Waals surface area contributed by atoms with Crippen LogP contribution in [0, 0.1) is 0 Å². The van der Waals surface area contributed by atoms with Gasteiger partial charge >= 0.3 is 6.03 Å². The summed E-state index contributed by atoms with van der Waals surface area (Å²) in [5.74, 6) is 2.15. The normalized spacial score (nSPS) is 10.8. The van der Waals surface area contributed by atoms with E-state index in [1.807, 2.05) is 54.6 Å². The standard InChI is InChI=1S/C37H36N8O5/c1-4-5-8-24-22-33(45(44-24)26-11-13-27(48-2)14-12-26)42-37(47)41-31-15-16-32(30-10-7-6-9-29(30)31)50-34-17-18-39-36(43-34)40-25-19-23(35(38)46)20-28(21-25)49-3/h6-7,9-22H,4-5,8H2,1-3H3,(H2,38,46)(H,39,40,43)(H2,41,42,47). The number of primary amides is 1. The number of nitrogens with one attached hydrogen (secondary N) is 3. The lowest BCUT2D eigenvalue weighted by Crippen LogP contribution is -2.21. The van der Waals surface area contributed by atoms with Crippen molar-refractivity contribution in [2.45, 2.75) is 26.2 Å². The second kappa shape index (κ2) is 15.1. The Labute approximate surface area is 288 Å². The molecule has 0 atom stereocenters. The van der Waals surface area contributed by atoms with Gasteiger partial charge in [0.1, 0.15) is 23.1 Å². The number of ether oxygens (including phenoxy) is 3. The predicted octanol–water partition coefficient (Wildman–Crippen LogP) is 7.45. The molecule has 0 aliphatic heterocycles. The fourth-order valence-electron chi connectivity index (χ4n) is 5.29. The van der Waals surface area contributed by atoms with E-state index >= 15 is 0 Å². The van der Waals surface area contributed by atoms with Crippen LogP contribution in [0.25, 0.3) is 16.5 Å². The minimum absolute atomic E-state index is 0.233. The van der Waals surface area contributed by atoms with E-state index in [4.69, 9.17) is 25.0 Å². The summed E-state index contributed by atoms with van der Waals surface area (Å²) in [5.41, 5.74) is 8.51. The molecule has 254 valence electrons. The second-order valence-electron chi connectivity index (χ2n) is 11.2. The largest absolute Gasteiger partial charge is 0.497 e. The molecule has 5 N–H and O–H groups in total. The van der Waals surface area contributed by atoms with E-state index in [0.717, 1.165) is 47.2 Å². The van der Waals surface area contributed by atoms with Gasteiger partial charge in [-0.1, -0.05) is 37.6 Å². The Bertz CT molecular complexity index is 2150. The van der Waals surface area contributed by atoms with E-state index in [1.165, 1.54) is 7.11 Å². The Balaban J connectivity index is 1.21. The second-order valence-corrected chi connectivity index (χ2v) is 11.2. The van der Waals surface area contributed by atoms with E-state index in [9.17, 15) is 9.59 Å². The van der Waals surface area contributed by atoms with Gasteiger partial charge in [-0.05, 0) is 61.4 Å². The molecule has 2 aromatic heterocycles. The van der Waals surface area contributed by atoms with Crippen LogP contribution in [0.3, 0.4) is 0 Å². The zero-order valence-corrected chi connectivity index (χ0v) is 27.8. The third kappa shape index (κ3) is 7.73. The maximum atomic E-state index is 13.4. The van der Waals surface area contributed by atoms with Crippen LogP contribution in [0.4, 0.5) is 27.9 Å². The van der Waals surface area contributed by atoms with E-state index in [-0.39, 0.29) is 17.4 Å². The summed E-state index contributed by atoms with van der Waals surface area (Å²) in [4.78, 5) is 34.0. The highest BCUT2D eigenvalue weighted by Gasteiger charge is 2.16. The lowest BCUT2D eigenvalue weighted by atomic mass is 10.1. The lowest BCUT2D eigenvalue weighted by molar-refractivity contribution is 0.1000. The molecule has 4 aromatic carbocycles. The molecular formula is C37H36N8O5. The van der Waals surface area contributed by atoms with Crippen molar-refractivity contribution in [1.82, 2.24) is 19.7 Å². The SMILES string of the molecule is CCCCc1cc(NC(=O)Nc2ccc(Oc3ccnc(Nc4cc(OC)cc(C(N)=O)c4)n3)c3ccccc23)n(-c2ccc(OC)cc2)n1. The maximum Gasteiger partial charge on any atom is 0.324 e. The van der Waals surface area contributed by atoms with Crippen molar-refractivity contribution in [2.75, 3.05) is 30.2 Å². The summed E-state index contributed by atoms with van der Waals surface area (Å²) in [6.07, 6.45) is 4.36.